The smallest absolute Gasteiger partial charge is 0.256 e. The number of piperidine rings is 1. The molecule has 1 aromatic carbocycles. The average Bonchev–Trinajstić information content (AvgIpc) is 2.51. The Morgan fingerprint density at radius 2 is 2.17 bits per heavy atom. The lowest BCUT2D eigenvalue weighted by Crippen LogP contribution is -2.58. The Morgan fingerprint density at radius 1 is 1.38 bits per heavy atom. The number of aliphatic hydroxyl groups is 1. The number of amides is 2. The molecule has 1 aromatic rings. The van der Waals surface area contributed by atoms with E-state index in [-0.39, 0.29) is 18.4 Å². The third-order valence-electron chi connectivity index (χ3n) is 4.25. The number of nitrogens with zero attached hydrogens (tertiary/aromatic N) is 1. The van der Waals surface area contributed by atoms with Crippen LogP contribution >= 0.6 is 0 Å². The molecule has 3 N–H and O–H groups in total. The fourth-order valence-corrected chi connectivity index (χ4v) is 3.03. The second kappa shape index (κ2) is 8.26. The maximum Gasteiger partial charge on any atom is 0.256 e. The van der Waals surface area contributed by atoms with E-state index in [2.05, 4.69) is 16.7 Å². The van der Waals surface area contributed by atoms with Crippen molar-refractivity contribution in [3.8, 4) is 0 Å². The Hall–Kier alpha value is -1.92. The lowest BCUT2D eigenvalue weighted by molar-refractivity contribution is -0.157. The molecule has 1 saturated heterocycles. The first-order chi connectivity index (χ1) is 11.4. The summed E-state index contributed by atoms with van der Waals surface area (Å²) in [6.45, 7) is 5.88. The second-order valence-corrected chi connectivity index (χ2v) is 6.51. The van der Waals surface area contributed by atoms with Crippen LogP contribution < -0.4 is 10.6 Å². The maximum absolute atomic E-state index is 12.7. The number of hydrogen-bond acceptors (Lipinski definition) is 4. The number of benzene rings is 1. The minimum absolute atomic E-state index is 0.0893. The number of carbonyl (C=O) groups excluding carboxylic acids is 2. The van der Waals surface area contributed by atoms with Gasteiger partial charge in [0, 0.05) is 39.6 Å². The molecule has 24 heavy (non-hydrogen) atoms. The van der Waals surface area contributed by atoms with E-state index in [1.54, 1.807) is 4.90 Å². The molecule has 1 atom stereocenters. The number of carbonyl (C=O) groups is 2. The highest BCUT2D eigenvalue weighted by molar-refractivity contribution is 5.86. The van der Waals surface area contributed by atoms with Crippen molar-refractivity contribution in [1.29, 1.82) is 0 Å². The molecule has 1 aliphatic heterocycles. The summed E-state index contributed by atoms with van der Waals surface area (Å²) in [4.78, 5) is 25.2. The van der Waals surface area contributed by atoms with E-state index in [4.69, 9.17) is 0 Å². The molecule has 1 fully saturated rings. The topological polar surface area (TPSA) is 81.7 Å². The predicted molar refractivity (Wildman–Crippen MR) is 92.3 cm³/mol. The maximum atomic E-state index is 12.7. The molecule has 0 saturated carbocycles. The van der Waals surface area contributed by atoms with Crippen LogP contribution in [0.15, 0.2) is 24.3 Å². The monoisotopic (exact) mass is 333 g/mol. The molecular formula is C18H27N3O3. The summed E-state index contributed by atoms with van der Waals surface area (Å²) in [5.74, 6) is -0.309. The van der Waals surface area contributed by atoms with Crippen molar-refractivity contribution in [2.75, 3.05) is 26.2 Å². The van der Waals surface area contributed by atoms with Crippen molar-refractivity contribution in [1.82, 2.24) is 15.5 Å². The number of aryl methyl sites for hydroxylation is 1. The Kier molecular flexibility index (Phi) is 6.34. The number of nitrogens with one attached hydrogen (secondary N) is 2. The van der Waals surface area contributed by atoms with Gasteiger partial charge in [-0.25, -0.2) is 0 Å². The summed E-state index contributed by atoms with van der Waals surface area (Å²) in [6.07, 6.45) is 1.24. The zero-order valence-corrected chi connectivity index (χ0v) is 14.5. The van der Waals surface area contributed by atoms with Gasteiger partial charge in [-0.1, -0.05) is 29.8 Å². The van der Waals surface area contributed by atoms with Gasteiger partial charge in [0.2, 0.25) is 5.91 Å². The summed E-state index contributed by atoms with van der Waals surface area (Å²) < 4.78 is 0. The third-order valence-corrected chi connectivity index (χ3v) is 4.25. The molecule has 6 nitrogen and oxygen atoms in total. The summed E-state index contributed by atoms with van der Waals surface area (Å²) in [5.41, 5.74) is 0.872. The Morgan fingerprint density at radius 3 is 2.88 bits per heavy atom. The SMILES string of the molecule is CC(=O)NCCNC[C@]1(O)CCCN(Cc2cccc(C)c2)C1=O. The molecule has 0 aliphatic carbocycles. The van der Waals surface area contributed by atoms with Crippen LogP contribution in [0, 0.1) is 6.92 Å². The summed E-state index contributed by atoms with van der Waals surface area (Å²) in [7, 11) is 0. The van der Waals surface area contributed by atoms with Crippen molar-refractivity contribution >= 4 is 11.8 Å². The average molecular weight is 333 g/mol. The summed E-state index contributed by atoms with van der Waals surface area (Å²) >= 11 is 0. The van der Waals surface area contributed by atoms with Crippen LogP contribution in [0.1, 0.15) is 30.9 Å². The number of rotatable bonds is 7. The van der Waals surface area contributed by atoms with Gasteiger partial charge in [0.05, 0.1) is 0 Å². The van der Waals surface area contributed by atoms with Crippen molar-refractivity contribution in [2.24, 2.45) is 0 Å². The van der Waals surface area contributed by atoms with Crippen molar-refractivity contribution < 1.29 is 14.7 Å². The normalized spacial score (nSPS) is 21.0. The fraction of sp³-hybridized carbons (Fsp3) is 0.556. The van der Waals surface area contributed by atoms with Crippen LogP contribution in [0.2, 0.25) is 0 Å². The largest absolute Gasteiger partial charge is 0.379 e. The van der Waals surface area contributed by atoms with E-state index in [1.807, 2.05) is 25.1 Å². The minimum atomic E-state index is -1.36. The molecule has 6 heteroatoms. The number of likely N-dealkylation sites (tertiary alicyclic amines) is 1. The van der Waals surface area contributed by atoms with E-state index in [0.717, 1.165) is 17.5 Å². The van der Waals surface area contributed by atoms with Crippen LogP contribution in [0.4, 0.5) is 0 Å². The lowest BCUT2D eigenvalue weighted by atomic mass is 9.91. The Labute approximate surface area is 143 Å². The van der Waals surface area contributed by atoms with Gasteiger partial charge in [-0.3, -0.25) is 9.59 Å². The zero-order valence-electron chi connectivity index (χ0n) is 14.5. The van der Waals surface area contributed by atoms with E-state index in [0.29, 0.717) is 32.6 Å². The van der Waals surface area contributed by atoms with Gasteiger partial charge in [-0.05, 0) is 25.3 Å². The first-order valence-electron chi connectivity index (χ1n) is 8.43. The highest BCUT2D eigenvalue weighted by atomic mass is 16.3. The van der Waals surface area contributed by atoms with Crippen molar-refractivity contribution in [2.45, 2.75) is 38.8 Å². The van der Waals surface area contributed by atoms with E-state index in [1.165, 1.54) is 6.92 Å². The lowest BCUT2D eigenvalue weighted by Gasteiger charge is -2.38. The summed E-state index contributed by atoms with van der Waals surface area (Å²) in [6, 6.07) is 8.07. The zero-order chi connectivity index (χ0) is 17.6. The summed E-state index contributed by atoms with van der Waals surface area (Å²) in [5, 5.41) is 16.4. The Bertz CT molecular complexity index is 591. The molecule has 0 radical (unpaired) electrons. The standard InChI is InChI=1S/C18H27N3O3/c1-14-5-3-6-16(11-14)12-21-10-4-7-18(24,17(21)23)13-19-8-9-20-15(2)22/h3,5-6,11,19,24H,4,7-10,12-13H2,1-2H3,(H,20,22)/t18-/m1/s1. The highest BCUT2D eigenvalue weighted by Gasteiger charge is 2.41. The molecule has 0 spiro atoms. The molecule has 0 aromatic heterocycles. The molecule has 1 aliphatic rings. The molecule has 0 bridgehead atoms. The van der Waals surface area contributed by atoms with Crippen molar-refractivity contribution in [3.63, 3.8) is 0 Å². The third kappa shape index (κ3) is 5.04. The molecule has 1 heterocycles. The van der Waals surface area contributed by atoms with Gasteiger partial charge in [-0.2, -0.15) is 0 Å². The van der Waals surface area contributed by atoms with Crippen LogP contribution in [0.5, 0.6) is 0 Å². The van der Waals surface area contributed by atoms with Crippen LogP contribution in [-0.4, -0.2) is 53.6 Å². The van der Waals surface area contributed by atoms with Gasteiger partial charge in [-0.15, -0.1) is 0 Å². The second-order valence-electron chi connectivity index (χ2n) is 6.51. The van der Waals surface area contributed by atoms with Crippen LogP contribution in [0.25, 0.3) is 0 Å². The van der Waals surface area contributed by atoms with E-state index < -0.39 is 5.60 Å². The number of hydrogen-bond donors (Lipinski definition) is 3. The quantitative estimate of drug-likeness (QED) is 0.638. The van der Waals surface area contributed by atoms with Gasteiger partial charge < -0.3 is 20.6 Å². The van der Waals surface area contributed by atoms with E-state index in [9.17, 15) is 14.7 Å². The molecule has 2 rings (SSSR count). The van der Waals surface area contributed by atoms with Crippen LogP contribution in [0.3, 0.4) is 0 Å². The first kappa shape index (κ1) is 18.4. The minimum Gasteiger partial charge on any atom is -0.379 e. The van der Waals surface area contributed by atoms with Gasteiger partial charge >= 0.3 is 0 Å². The molecule has 2 amide bonds. The van der Waals surface area contributed by atoms with Crippen molar-refractivity contribution in [3.05, 3.63) is 35.4 Å². The van der Waals surface area contributed by atoms with Gasteiger partial charge in [0.15, 0.2) is 5.60 Å². The van der Waals surface area contributed by atoms with Crippen LogP contribution in [-0.2, 0) is 16.1 Å². The van der Waals surface area contributed by atoms with E-state index >= 15 is 0 Å². The fourth-order valence-electron chi connectivity index (χ4n) is 3.03. The Balaban J connectivity index is 1.89. The predicted octanol–water partition coefficient (Wildman–Crippen LogP) is 0.574. The molecule has 0 unspecified atom stereocenters. The highest BCUT2D eigenvalue weighted by Crippen LogP contribution is 2.23. The molecular weight excluding hydrogens is 306 g/mol. The van der Waals surface area contributed by atoms with Gasteiger partial charge in [0.25, 0.3) is 5.91 Å². The van der Waals surface area contributed by atoms with Gasteiger partial charge in [0.1, 0.15) is 0 Å². The molecule has 132 valence electrons. The first-order valence-corrected chi connectivity index (χ1v) is 8.43.